The van der Waals surface area contributed by atoms with E-state index in [-0.39, 0.29) is 5.78 Å². The zero-order chi connectivity index (χ0) is 14.0. The summed E-state index contributed by atoms with van der Waals surface area (Å²) in [4.78, 5) is 13.8. The van der Waals surface area contributed by atoms with Gasteiger partial charge in [-0.1, -0.05) is 13.8 Å². The van der Waals surface area contributed by atoms with E-state index in [2.05, 4.69) is 40.7 Å². The summed E-state index contributed by atoms with van der Waals surface area (Å²) in [6.45, 7) is 8.36. The molecular formula is C15H20BrNOS. The van der Waals surface area contributed by atoms with Crippen molar-refractivity contribution in [3.8, 4) is 0 Å². The standard InChI is InChI=1S/C15H20BrNOS/c1-11(18)12-4-5-14(13(16)10-12)17-7-6-15(2,3)19-9-8-17/h4-5,10H,6-9H2,1-3H3. The maximum Gasteiger partial charge on any atom is 0.159 e. The Morgan fingerprint density at radius 3 is 2.74 bits per heavy atom. The number of nitrogens with zero attached hydrogens (tertiary/aromatic N) is 1. The highest BCUT2D eigenvalue weighted by Crippen LogP contribution is 2.34. The van der Waals surface area contributed by atoms with E-state index in [1.54, 1.807) is 6.92 Å². The third kappa shape index (κ3) is 3.76. The molecule has 1 aromatic carbocycles. The molecular weight excluding hydrogens is 322 g/mol. The summed E-state index contributed by atoms with van der Waals surface area (Å²) in [5.41, 5.74) is 1.96. The van der Waals surface area contributed by atoms with Gasteiger partial charge in [-0.25, -0.2) is 0 Å². The highest BCUT2D eigenvalue weighted by Gasteiger charge is 2.24. The first-order valence-corrected chi connectivity index (χ1v) is 8.36. The van der Waals surface area contributed by atoms with Crippen LogP contribution in [0.1, 0.15) is 37.6 Å². The quantitative estimate of drug-likeness (QED) is 0.744. The molecule has 1 fully saturated rings. The lowest BCUT2D eigenvalue weighted by Gasteiger charge is -2.25. The summed E-state index contributed by atoms with van der Waals surface area (Å²) >= 11 is 5.65. The molecule has 0 amide bonds. The molecule has 0 atom stereocenters. The monoisotopic (exact) mass is 341 g/mol. The molecule has 0 aliphatic carbocycles. The van der Waals surface area contributed by atoms with Crippen molar-refractivity contribution in [1.82, 2.24) is 0 Å². The van der Waals surface area contributed by atoms with Crippen LogP contribution in [0.4, 0.5) is 5.69 Å². The van der Waals surface area contributed by atoms with Gasteiger partial charge in [-0.05, 0) is 47.5 Å². The fraction of sp³-hybridized carbons (Fsp3) is 0.533. The fourth-order valence-electron chi connectivity index (χ4n) is 2.24. The molecule has 19 heavy (non-hydrogen) atoms. The number of rotatable bonds is 2. The summed E-state index contributed by atoms with van der Waals surface area (Å²) < 4.78 is 1.38. The predicted molar refractivity (Wildman–Crippen MR) is 87.5 cm³/mol. The number of hydrogen-bond acceptors (Lipinski definition) is 3. The van der Waals surface area contributed by atoms with Crippen molar-refractivity contribution in [1.29, 1.82) is 0 Å². The summed E-state index contributed by atoms with van der Waals surface area (Å²) in [5, 5.41) is 0. The minimum Gasteiger partial charge on any atom is -0.370 e. The molecule has 4 heteroatoms. The first-order chi connectivity index (χ1) is 8.89. The molecule has 0 saturated carbocycles. The molecule has 1 heterocycles. The van der Waals surface area contributed by atoms with Crippen LogP contribution in [0.15, 0.2) is 22.7 Å². The summed E-state index contributed by atoms with van der Waals surface area (Å²) in [7, 11) is 0. The highest BCUT2D eigenvalue weighted by atomic mass is 79.9. The Bertz CT molecular complexity index is 487. The van der Waals surface area contributed by atoms with Crippen molar-refractivity contribution in [3.05, 3.63) is 28.2 Å². The van der Waals surface area contributed by atoms with Crippen LogP contribution in [0.2, 0.25) is 0 Å². The SMILES string of the molecule is CC(=O)c1ccc(N2CCSC(C)(C)CC2)c(Br)c1. The molecule has 0 spiro atoms. The van der Waals surface area contributed by atoms with Crippen LogP contribution in [0.5, 0.6) is 0 Å². The van der Waals surface area contributed by atoms with Crippen molar-refractivity contribution in [3.63, 3.8) is 0 Å². The third-order valence-electron chi connectivity index (χ3n) is 3.53. The molecule has 0 aromatic heterocycles. The van der Waals surface area contributed by atoms with Crippen LogP contribution in [-0.2, 0) is 0 Å². The Morgan fingerprint density at radius 1 is 1.37 bits per heavy atom. The minimum atomic E-state index is 0.111. The Labute approximate surface area is 128 Å². The first kappa shape index (κ1) is 14.9. The lowest BCUT2D eigenvalue weighted by molar-refractivity contribution is 0.101. The Hall–Kier alpha value is -0.480. The van der Waals surface area contributed by atoms with Gasteiger partial charge in [-0.15, -0.1) is 0 Å². The zero-order valence-corrected chi connectivity index (χ0v) is 14.1. The van der Waals surface area contributed by atoms with E-state index in [1.807, 2.05) is 23.9 Å². The molecule has 1 aliphatic rings. The Kier molecular flexibility index (Phi) is 4.62. The van der Waals surface area contributed by atoms with Crippen LogP contribution in [0.3, 0.4) is 0 Å². The third-order valence-corrected chi connectivity index (χ3v) is 5.54. The molecule has 1 saturated heterocycles. The predicted octanol–water partition coefficient (Wildman–Crippen LogP) is 4.37. The topological polar surface area (TPSA) is 20.3 Å². The lowest BCUT2D eigenvalue weighted by Crippen LogP contribution is -2.27. The van der Waals surface area contributed by atoms with E-state index < -0.39 is 0 Å². The van der Waals surface area contributed by atoms with E-state index in [0.717, 1.165) is 28.9 Å². The van der Waals surface area contributed by atoms with Crippen LogP contribution in [0, 0.1) is 0 Å². The smallest absolute Gasteiger partial charge is 0.159 e. The zero-order valence-electron chi connectivity index (χ0n) is 11.7. The van der Waals surface area contributed by atoms with Gasteiger partial charge in [0.25, 0.3) is 0 Å². The van der Waals surface area contributed by atoms with Gasteiger partial charge in [-0.2, -0.15) is 11.8 Å². The highest BCUT2D eigenvalue weighted by molar-refractivity contribution is 9.10. The lowest BCUT2D eigenvalue weighted by atomic mass is 10.1. The number of hydrogen-bond donors (Lipinski definition) is 0. The average Bonchev–Trinajstić information content (AvgIpc) is 2.50. The first-order valence-electron chi connectivity index (χ1n) is 6.58. The second kappa shape index (κ2) is 5.88. The van der Waals surface area contributed by atoms with Gasteiger partial charge in [0.1, 0.15) is 0 Å². The van der Waals surface area contributed by atoms with E-state index in [1.165, 1.54) is 12.1 Å². The molecule has 1 aliphatic heterocycles. The van der Waals surface area contributed by atoms with Crippen LogP contribution >= 0.6 is 27.7 Å². The number of halogens is 1. The van der Waals surface area contributed by atoms with E-state index >= 15 is 0 Å². The van der Waals surface area contributed by atoms with Crippen LogP contribution in [-0.4, -0.2) is 29.4 Å². The molecule has 1 aromatic rings. The summed E-state index contributed by atoms with van der Waals surface area (Å²) in [6, 6.07) is 5.91. The molecule has 0 radical (unpaired) electrons. The Balaban J connectivity index is 2.20. The molecule has 2 nitrogen and oxygen atoms in total. The molecule has 0 N–H and O–H groups in total. The average molecular weight is 342 g/mol. The van der Waals surface area contributed by atoms with Gasteiger partial charge >= 0.3 is 0 Å². The number of carbonyl (C=O) groups excluding carboxylic acids is 1. The number of thioether (sulfide) groups is 1. The van der Waals surface area contributed by atoms with E-state index in [4.69, 9.17) is 0 Å². The van der Waals surface area contributed by atoms with Gasteiger partial charge in [-0.3, -0.25) is 4.79 Å². The molecule has 0 unspecified atom stereocenters. The summed E-state index contributed by atoms with van der Waals surface area (Å²) in [5.74, 6) is 1.26. The second-order valence-electron chi connectivity index (χ2n) is 5.57. The molecule has 2 rings (SSSR count). The maximum atomic E-state index is 11.4. The van der Waals surface area contributed by atoms with Crippen molar-refractivity contribution in [2.75, 3.05) is 23.7 Å². The van der Waals surface area contributed by atoms with Crippen LogP contribution in [0.25, 0.3) is 0 Å². The Morgan fingerprint density at radius 2 is 2.11 bits per heavy atom. The molecule has 0 bridgehead atoms. The number of Topliss-reactive ketones (excluding diaryl/α,β-unsaturated/α-hetero) is 1. The van der Waals surface area contributed by atoms with Crippen LogP contribution < -0.4 is 4.90 Å². The number of benzene rings is 1. The van der Waals surface area contributed by atoms with E-state index in [9.17, 15) is 4.79 Å². The second-order valence-corrected chi connectivity index (χ2v) is 8.22. The number of carbonyl (C=O) groups is 1. The normalized spacial score (nSPS) is 19.1. The van der Waals surface area contributed by atoms with Gasteiger partial charge in [0.15, 0.2) is 5.78 Å². The van der Waals surface area contributed by atoms with Crippen molar-refractivity contribution >= 4 is 39.2 Å². The summed E-state index contributed by atoms with van der Waals surface area (Å²) in [6.07, 6.45) is 1.18. The maximum absolute atomic E-state index is 11.4. The number of ketones is 1. The van der Waals surface area contributed by atoms with Gasteiger partial charge < -0.3 is 4.90 Å². The fourth-order valence-corrected chi connectivity index (χ4v) is 3.97. The van der Waals surface area contributed by atoms with Crippen molar-refractivity contribution in [2.45, 2.75) is 31.9 Å². The number of anilines is 1. The largest absolute Gasteiger partial charge is 0.370 e. The molecule has 104 valence electrons. The van der Waals surface area contributed by atoms with Crippen molar-refractivity contribution in [2.24, 2.45) is 0 Å². The van der Waals surface area contributed by atoms with Gasteiger partial charge in [0.05, 0.1) is 5.69 Å². The van der Waals surface area contributed by atoms with Gasteiger partial charge in [0, 0.05) is 33.6 Å². The van der Waals surface area contributed by atoms with Crippen molar-refractivity contribution < 1.29 is 4.79 Å². The van der Waals surface area contributed by atoms with Gasteiger partial charge in [0.2, 0.25) is 0 Å². The minimum absolute atomic E-state index is 0.111. The van der Waals surface area contributed by atoms with E-state index in [0.29, 0.717) is 4.75 Å².